The number of benzene rings is 3. The van der Waals surface area contributed by atoms with Gasteiger partial charge in [-0.05, 0) is 62.2 Å². The van der Waals surface area contributed by atoms with Gasteiger partial charge in [0.05, 0.1) is 16.8 Å². The molecule has 0 saturated carbocycles. The zero-order chi connectivity index (χ0) is 24.2. The highest BCUT2D eigenvalue weighted by atomic mass is 16.2. The molecule has 3 aromatic carbocycles. The highest BCUT2D eigenvalue weighted by Gasteiger charge is 2.18. The van der Waals surface area contributed by atoms with Crippen LogP contribution in [-0.2, 0) is 0 Å². The summed E-state index contributed by atoms with van der Waals surface area (Å²) >= 11 is 0. The van der Waals surface area contributed by atoms with Crippen molar-refractivity contribution in [2.45, 2.75) is 32.6 Å². The number of hydrogen-bond acceptors (Lipinski definition) is 3. The maximum Gasteiger partial charge on any atom is 0.256 e. The molecule has 2 amide bonds. The van der Waals surface area contributed by atoms with Crippen LogP contribution >= 0.6 is 0 Å². The molecule has 0 atom stereocenters. The average Bonchev–Trinajstić information content (AvgIpc) is 3.18. The minimum Gasteiger partial charge on any atom is -0.339 e. The molecule has 1 saturated heterocycles. The number of nitrogens with zero attached hydrogens (tertiary/aromatic N) is 2. The highest BCUT2D eigenvalue weighted by molar-refractivity contribution is 6.13. The van der Waals surface area contributed by atoms with Gasteiger partial charge in [-0.25, -0.2) is 4.98 Å². The molecule has 5 heteroatoms. The van der Waals surface area contributed by atoms with Crippen molar-refractivity contribution in [1.29, 1.82) is 0 Å². The van der Waals surface area contributed by atoms with Crippen LogP contribution in [0.15, 0.2) is 78.9 Å². The first-order chi connectivity index (χ1) is 17.1. The van der Waals surface area contributed by atoms with Crippen molar-refractivity contribution >= 4 is 28.4 Å². The van der Waals surface area contributed by atoms with Crippen LogP contribution in [0.2, 0.25) is 0 Å². The van der Waals surface area contributed by atoms with E-state index >= 15 is 0 Å². The van der Waals surface area contributed by atoms with Gasteiger partial charge in [-0.15, -0.1) is 0 Å². The Labute approximate surface area is 205 Å². The number of amides is 2. The van der Waals surface area contributed by atoms with Crippen molar-refractivity contribution < 1.29 is 9.59 Å². The molecule has 5 nitrogen and oxygen atoms in total. The fourth-order valence-electron chi connectivity index (χ4n) is 4.64. The molecule has 0 spiro atoms. The fourth-order valence-corrected chi connectivity index (χ4v) is 4.64. The summed E-state index contributed by atoms with van der Waals surface area (Å²) in [5.74, 6) is -0.139. The van der Waals surface area contributed by atoms with Crippen molar-refractivity contribution in [1.82, 2.24) is 9.88 Å². The van der Waals surface area contributed by atoms with Gasteiger partial charge >= 0.3 is 0 Å². The third kappa shape index (κ3) is 5.09. The second kappa shape index (κ2) is 10.1. The number of aryl methyl sites for hydroxylation is 1. The Morgan fingerprint density at radius 1 is 0.829 bits per heavy atom. The molecule has 4 aromatic rings. The molecule has 0 aliphatic carbocycles. The number of pyridine rings is 1. The summed E-state index contributed by atoms with van der Waals surface area (Å²) in [4.78, 5) is 33.0. The van der Waals surface area contributed by atoms with Crippen molar-refractivity contribution in [3.63, 3.8) is 0 Å². The quantitative estimate of drug-likeness (QED) is 0.377. The third-order valence-corrected chi connectivity index (χ3v) is 6.56. The van der Waals surface area contributed by atoms with E-state index in [1.807, 2.05) is 66.4 Å². The van der Waals surface area contributed by atoms with Gasteiger partial charge in [0.2, 0.25) is 0 Å². The second-order valence-corrected chi connectivity index (χ2v) is 9.18. The van der Waals surface area contributed by atoms with Crippen molar-refractivity contribution in [2.75, 3.05) is 18.4 Å². The van der Waals surface area contributed by atoms with Crippen LogP contribution in [0.5, 0.6) is 0 Å². The largest absolute Gasteiger partial charge is 0.339 e. The van der Waals surface area contributed by atoms with Gasteiger partial charge in [-0.3, -0.25) is 9.59 Å². The van der Waals surface area contributed by atoms with Gasteiger partial charge in [0.15, 0.2) is 0 Å². The summed E-state index contributed by atoms with van der Waals surface area (Å²) in [6.45, 7) is 3.64. The Balaban J connectivity index is 1.41. The van der Waals surface area contributed by atoms with Crippen LogP contribution in [0.3, 0.4) is 0 Å². The minimum absolute atomic E-state index is 0.0629. The van der Waals surface area contributed by atoms with E-state index in [-0.39, 0.29) is 11.8 Å². The zero-order valence-corrected chi connectivity index (χ0v) is 20.0. The average molecular weight is 464 g/mol. The van der Waals surface area contributed by atoms with Gasteiger partial charge in [0.25, 0.3) is 11.8 Å². The first kappa shape index (κ1) is 22.8. The summed E-state index contributed by atoms with van der Waals surface area (Å²) in [6, 6.07) is 24.9. The lowest BCUT2D eigenvalue weighted by molar-refractivity contribution is 0.0761. The Morgan fingerprint density at radius 2 is 1.54 bits per heavy atom. The normalized spacial score (nSPS) is 13.9. The molecule has 1 fully saturated rings. The molecule has 0 bridgehead atoms. The van der Waals surface area contributed by atoms with E-state index in [0.29, 0.717) is 16.8 Å². The van der Waals surface area contributed by atoms with E-state index in [1.165, 1.54) is 12.8 Å². The molecule has 1 aliphatic rings. The summed E-state index contributed by atoms with van der Waals surface area (Å²) in [7, 11) is 0. The van der Waals surface area contributed by atoms with Crippen molar-refractivity contribution in [2.24, 2.45) is 0 Å². The molecule has 1 N–H and O–H groups in total. The first-order valence-electron chi connectivity index (χ1n) is 12.3. The Hall–Kier alpha value is -3.99. The molecule has 1 aromatic heterocycles. The van der Waals surface area contributed by atoms with E-state index in [9.17, 15) is 9.59 Å². The standard InChI is InChI=1S/C30H29N3O2/c1-21-11-16-27-25(19-21)26(20-28(32-27)22-9-5-4-6-10-22)29(34)31-24-14-12-23(13-15-24)30(35)33-17-7-2-3-8-18-33/h4-6,9-16,19-20H,2-3,7-8,17-18H2,1H3,(H,31,34). The molecule has 2 heterocycles. The highest BCUT2D eigenvalue weighted by Crippen LogP contribution is 2.27. The Kier molecular flexibility index (Phi) is 6.57. The summed E-state index contributed by atoms with van der Waals surface area (Å²) in [5.41, 5.74) is 5.44. The van der Waals surface area contributed by atoms with Crippen molar-refractivity contribution in [3.8, 4) is 11.3 Å². The predicted molar refractivity (Wildman–Crippen MR) is 141 cm³/mol. The summed E-state index contributed by atoms with van der Waals surface area (Å²) in [6.07, 6.45) is 4.49. The van der Waals surface area contributed by atoms with E-state index in [2.05, 4.69) is 5.32 Å². The monoisotopic (exact) mass is 463 g/mol. The van der Waals surface area contributed by atoms with E-state index < -0.39 is 0 Å². The maximum absolute atomic E-state index is 13.4. The lowest BCUT2D eigenvalue weighted by Crippen LogP contribution is -2.31. The van der Waals surface area contributed by atoms with Gasteiger partial charge in [-0.1, -0.05) is 54.8 Å². The van der Waals surface area contributed by atoms with Crippen LogP contribution in [0.1, 0.15) is 52.0 Å². The number of carbonyl (C=O) groups excluding carboxylic acids is 2. The molecule has 0 unspecified atom stereocenters. The summed E-state index contributed by atoms with van der Waals surface area (Å²) in [5, 5.41) is 3.83. The smallest absolute Gasteiger partial charge is 0.256 e. The SMILES string of the molecule is Cc1ccc2nc(-c3ccccc3)cc(C(=O)Nc3ccc(C(=O)N4CCCCCC4)cc3)c2c1. The third-order valence-electron chi connectivity index (χ3n) is 6.56. The number of carbonyl (C=O) groups is 2. The number of hydrogen-bond donors (Lipinski definition) is 1. The first-order valence-corrected chi connectivity index (χ1v) is 12.3. The second-order valence-electron chi connectivity index (χ2n) is 9.18. The van der Waals surface area contributed by atoms with Crippen LogP contribution in [0.25, 0.3) is 22.2 Å². The van der Waals surface area contributed by atoms with Gasteiger partial charge in [-0.2, -0.15) is 0 Å². The zero-order valence-electron chi connectivity index (χ0n) is 20.0. The van der Waals surface area contributed by atoms with Crippen LogP contribution in [0.4, 0.5) is 5.69 Å². The number of aromatic nitrogens is 1. The van der Waals surface area contributed by atoms with Crippen LogP contribution < -0.4 is 5.32 Å². The molecule has 1 aliphatic heterocycles. The van der Waals surface area contributed by atoms with E-state index in [1.54, 1.807) is 24.3 Å². The molecule has 176 valence electrons. The number of anilines is 1. The molecular formula is C30H29N3O2. The minimum atomic E-state index is -0.202. The van der Waals surface area contributed by atoms with Crippen LogP contribution in [0, 0.1) is 6.92 Å². The van der Waals surface area contributed by atoms with Gasteiger partial charge in [0.1, 0.15) is 0 Å². The number of nitrogens with one attached hydrogen (secondary N) is 1. The number of fused-ring (bicyclic) bond motifs is 1. The van der Waals surface area contributed by atoms with Crippen molar-refractivity contribution in [3.05, 3.63) is 95.6 Å². The predicted octanol–water partition coefficient (Wildman–Crippen LogP) is 6.48. The van der Waals surface area contributed by atoms with Crippen LogP contribution in [-0.4, -0.2) is 34.8 Å². The van der Waals surface area contributed by atoms with Gasteiger partial charge < -0.3 is 10.2 Å². The summed E-state index contributed by atoms with van der Waals surface area (Å²) < 4.78 is 0. The molecule has 0 radical (unpaired) electrons. The Morgan fingerprint density at radius 3 is 2.26 bits per heavy atom. The topological polar surface area (TPSA) is 62.3 Å². The molecule has 35 heavy (non-hydrogen) atoms. The lowest BCUT2D eigenvalue weighted by Gasteiger charge is -2.20. The fraction of sp³-hybridized carbons (Fsp3) is 0.233. The maximum atomic E-state index is 13.4. The molecular weight excluding hydrogens is 434 g/mol. The van der Waals surface area contributed by atoms with Gasteiger partial charge in [0, 0.05) is 35.3 Å². The lowest BCUT2D eigenvalue weighted by atomic mass is 10.0. The van der Waals surface area contributed by atoms with E-state index in [4.69, 9.17) is 4.98 Å². The number of rotatable bonds is 4. The molecule has 5 rings (SSSR count). The number of likely N-dealkylation sites (tertiary alicyclic amines) is 1. The Bertz CT molecular complexity index is 1360. The van der Waals surface area contributed by atoms with E-state index in [0.717, 1.165) is 53.7 Å².